The van der Waals surface area contributed by atoms with Gasteiger partial charge in [0.25, 0.3) is 0 Å². The molecule has 1 aromatic carbocycles. The number of phenols is 2. The average Bonchev–Trinajstić information content (AvgIpc) is 2.33. The van der Waals surface area contributed by atoms with E-state index in [2.05, 4.69) is 37.7 Å². The van der Waals surface area contributed by atoms with Crippen molar-refractivity contribution in [2.75, 3.05) is 5.75 Å². The number of thioether (sulfide) groups is 1. The van der Waals surface area contributed by atoms with Crippen LogP contribution >= 0.6 is 11.8 Å². The summed E-state index contributed by atoms with van der Waals surface area (Å²) in [6.45, 7) is 10.1. The Balaban J connectivity index is 2.44. The maximum Gasteiger partial charge on any atom is 0.305 e. The van der Waals surface area contributed by atoms with Crippen LogP contribution in [-0.2, 0) is 5.54 Å². The number of hydrogen-bond donors (Lipinski definition) is 4. The molecular formula is C16H23N2O2S+. The van der Waals surface area contributed by atoms with Crippen molar-refractivity contribution in [3.8, 4) is 11.5 Å². The lowest BCUT2D eigenvalue weighted by Gasteiger charge is -2.37. The number of phenolic OH excluding ortho intramolecular Hbond substituents is 2. The van der Waals surface area contributed by atoms with E-state index in [1.807, 2.05) is 6.08 Å². The summed E-state index contributed by atoms with van der Waals surface area (Å²) < 4.78 is 0. The quantitative estimate of drug-likeness (QED) is 0.638. The fourth-order valence-corrected chi connectivity index (χ4v) is 3.86. The Morgan fingerprint density at radius 1 is 1.38 bits per heavy atom. The Morgan fingerprint density at radius 2 is 2.10 bits per heavy atom. The van der Waals surface area contributed by atoms with Crippen LogP contribution in [0.15, 0.2) is 30.9 Å². The fourth-order valence-electron chi connectivity index (χ4n) is 2.93. The minimum Gasteiger partial charge on any atom is -0.508 e. The highest BCUT2D eigenvalue weighted by Gasteiger charge is 2.44. The van der Waals surface area contributed by atoms with Gasteiger partial charge in [-0.15, -0.1) is 6.58 Å². The zero-order valence-corrected chi connectivity index (χ0v) is 13.5. The first-order valence-electron chi connectivity index (χ1n) is 6.95. The van der Waals surface area contributed by atoms with E-state index in [-0.39, 0.29) is 17.0 Å². The first kappa shape index (κ1) is 15.8. The Morgan fingerprint density at radius 3 is 2.71 bits per heavy atom. The third-order valence-corrected chi connectivity index (χ3v) is 4.45. The molecule has 1 heterocycles. The van der Waals surface area contributed by atoms with Gasteiger partial charge in [-0.3, -0.25) is 10.3 Å². The summed E-state index contributed by atoms with van der Waals surface area (Å²) >= 11 is 1.65. The molecule has 4 nitrogen and oxygen atoms in total. The molecule has 21 heavy (non-hydrogen) atoms. The Hall–Kier alpha value is -1.62. The predicted octanol–water partition coefficient (Wildman–Crippen LogP) is 1.44. The summed E-state index contributed by atoms with van der Waals surface area (Å²) in [5.41, 5.74) is 0.274. The zero-order chi connectivity index (χ0) is 15.7. The van der Waals surface area contributed by atoms with Crippen molar-refractivity contribution in [3.05, 3.63) is 36.4 Å². The van der Waals surface area contributed by atoms with Crippen molar-refractivity contribution in [3.63, 3.8) is 0 Å². The van der Waals surface area contributed by atoms with E-state index in [1.54, 1.807) is 23.9 Å². The summed E-state index contributed by atoms with van der Waals surface area (Å²) in [5.74, 6) is 0.984. The third kappa shape index (κ3) is 3.53. The number of hydrogen-bond acceptors (Lipinski definition) is 4. The van der Waals surface area contributed by atoms with Crippen LogP contribution in [0.25, 0.3) is 0 Å². The predicted molar refractivity (Wildman–Crippen MR) is 87.6 cm³/mol. The molecule has 1 unspecified atom stereocenters. The van der Waals surface area contributed by atoms with Gasteiger partial charge in [0.05, 0.1) is 0 Å². The van der Waals surface area contributed by atoms with Crippen LogP contribution in [0.1, 0.15) is 32.8 Å². The topological polar surface area (TPSA) is 66.5 Å². The number of nitrogens with one attached hydrogen (secondary N) is 2. The molecule has 1 aromatic rings. The van der Waals surface area contributed by atoms with Crippen LogP contribution in [0.2, 0.25) is 0 Å². The fraction of sp³-hybridized carbons (Fsp3) is 0.438. The standard InChI is InChI=1S/C16H22N2O2S/c1-5-8-21-14-17-15(2,3)10-16(4,18-14)12-7-6-11(19)9-13(12)20/h5-7,9,19-20H,1,8,10H2,2-4H3,(H,17,18)/p+1. The van der Waals surface area contributed by atoms with Gasteiger partial charge in [-0.2, -0.15) is 0 Å². The molecule has 0 spiro atoms. The summed E-state index contributed by atoms with van der Waals surface area (Å²) in [7, 11) is 0. The lowest BCUT2D eigenvalue weighted by Crippen LogP contribution is -2.90. The lowest BCUT2D eigenvalue weighted by molar-refractivity contribution is -0.568. The van der Waals surface area contributed by atoms with Crippen molar-refractivity contribution < 1.29 is 15.2 Å². The number of benzene rings is 1. The number of amidine groups is 1. The van der Waals surface area contributed by atoms with Crippen molar-refractivity contribution >= 4 is 16.9 Å². The summed E-state index contributed by atoms with van der Waals surface area (Å²) in [4.78, 5) is 3.48. The van der Waals surface area contributed by atoms with Crippen LogP contribution in [0, 0.1) is 0 Å². The summed E-state index contributed by atoms with van der Waals surface area (Å²) in [6.07, 6.45) is 2.66. The van der Waals surface area contributed by atoms with Gasteiger partial charge in [0, 0.05) is 23.8 Å². The van der Waals surface area contributed by atoms with Crippen LogP contribution in [0.5, 0.6) is 11.5 Å². The molecule has 1 aliphatic heterocycles. The normalized spacial score (nSPS) is 24.0. The van der Waals surface area contributed by atoms with Gasteiger partial charge in [-0.1, -0.05) is 6.08 Å². The van der Waals surface area contributed by atoms with Gasteiger partial charge >= 0.3 is 5.17 Å². The van der Waals surface area contributed by atoms with E-state index in [0.29, 0.717) is 0 Å². The largest absolute Gasteiger partial charge is 0.508 e. The van der Waals surface area contributed by atoms with Gasteiger partial charge in [0.15, 0.2) is 0 Å². The molecular weight excluding hydrogens is 284 g/mol. The second-order valence-electron chi connectivity index (χ2n) is 6.27. The molecule has 4 N–H and O–H groups in total. The van der Waals surface area contributed by atoms with E-state index in [4.69, 9.17) is 0 Å². The Bertz CT molecular complexity index is 584. The van der Waals surface area contributed by atoms with E-state index < -0.39 is 5.54 Å². The van der Waals surface area contributed by atoms with E-state index in [9.17, 15) is 10.2 Å². The Kier molecular flexibility index (Phi) is 4.23. The van der Waals surface area contributed by atoms with E-state index in [0.717, 1.165) is 22.9 Å². The minimum atomic E-state index is -0.407. The van der Waals surface area contributed by atoms with Gasteiger partial charge in [0.1, 0.15) is 22.6 Å². The Labute approximate surface area is 130 Å². The van der Waals surface area contributed by atoms with Gasteiger partial charge in [-0.25, -0.2) is 0 Å². The maximum absolute atomic E-state index is 10.2. The average molecular weight is 307 g/mol. The highest BCUT2D eigenvalue weighted by atomic mass is 32.2. The molecule has 0 bridgehead atoms. The zero-order valence-electron chi connectivity index (χ0n) is 12.7. The SMILES string of the molecule is C=CCSC1=[NH+]C(C)(c2ccc(O)cc2O)CC(C)(C)N1. The van der Waals surface area contributed by atoms with Crippen molar-refractivity contribution in [2.24, 2.45) is 0 Å². The molecule has 0 aliphatic carbocycles. The number of rotatable bonds is 3. The molecule has 0 saturated carbocycles. The molecule has 1 aliphatic rings. The molecule has 114 valence electrons. The smallest absolute Gasteiger partial charge is 0.305 e. The van der Waals surface area contributed by atoms with Crippen LogP contribution < -0.4 is 10.3 Å². The van der Waals surface area contributed by atoms with Gasteiger partial charge < -0.3 is 10.2 Å². The second kappa shape index (κ2) is 5.64. The molecule has 0 aromatic heterocycles. The molecule has 0 fully saturated rings. The first-order valence-corrected chi connectivity index (χ1v) is 7.94. The maximum atomic E-state index is 10.2. The summed E-state index contributed by atoms with van der Waals surface area (Å²) in [6, 6.07) is 4.76. The van der Waals surface area contributed by atoms with Gasteiger partial charge in [-0.05, 0) is 44.7 Å². The van der Waals surface area contributed by atoms with Crippen molar-refractivity contribution in [1.29, 1.82) is 0 Å². The van der Waals surface area contributed by atoms with Crippen LogP contribution in [0.4, 0.5) is 0 Å². The molecule has 5 heteroatoms. The minimum absolute atomic E-state index is 0.0679. The molecule has 0 amide bonds. The van der Waals surface area contributed by atoms with Crippen LogP contribution in [-0.4, -0.2) is 26.7 Å². The lowest BCUT2D eigenvalue weighted by atomic mass is 9.79. The second-order valence-corrected chi connectivity index (χ2v) is 7.30. The molecule has 1 atom stereocenters. The third-order valence-electron chi connectivity index (χ3n) is 3.56. The molecule has 0 radical (unpaired) electrons. The van der Waals surface area contributed by atoms with Crippen molar-refractivity contribution in [2.45, 2.75) is 38.3 Å². The highest BCUT2D eigenvalue weighted by molar-refractivity contribution is 8.13. The first-order chi connectivity index (χ1) is 9.76. The highest BCUT2D eigenvalue weighted by Crippen LogP contribution is 2.35. The molecule has 0 saturated heterocycles. The van der Waals surface area contributed by atoms with E-state index >= 15 is 0 Å². The van der Waals surface area contributed by atoms with Crippen molar-refractivity contribution in [1.82, 2.24) is 5.32 Å². The number of aromatic hydroxyl groups is 2. The summed E-state index contributed by atoms with van der Waals surface area (Å²) in [5, 5.41) is 24.1. The van der Waals surface area contributed by atoms with Gasteiger partial charge in [0.2, 0.25) is 0 Å². The molecule has 2 rings (SSSR count). The van der Waals surface area contributed by atoms with Crippen LogP contribution in [0.3, 0.4) is 0 Å². The monoisotopic (exact) mass is 307 g/mol. The van der Waals surface area contributed by atoms with E-state index in [1.165, 1.54) is 6.07 Å².